The molecule has 0 aliphatic carbocycles. The fraction of sp³-hybridized carbons (Fsp3) is 0.812. The summed E-state index contributed by atoms with van der Waals surface area (Å²) in [6, 6.07) is 0. The van der Waals surface area contributed by atoms with Gasteiger partial charge in [-0.25, -0.2) is 0 Å². The number of hydrogen-bond donors (Lipinski definition) is 0. The van der Waals surface area contributed by atoms with E-state index in [1.165, 1.54) is 38.5 Å². The number of ether oxygens (including phenoxy) is 1. The van der Waals surface area contributed by atoms with E-state index < -0.39 is 5.41 Å². The third kappa shape index (κ3) is 10.4. The van der Waals surface area contributed by atoms with Crippen LogP contribution in [0.25, 0.3) is 0 Å². The molecule has 0 atom stereocenters. The number of unbranched alkanes of at least 4 members (excludes halogenated alkanes) is 6. The molecular weight excluding hydrogens is 224 g/mol. The quantitative estimate of drug-likeness (QED) is 0.333. The van der Waals surface area contributed by atoms with Crippen LogP contribution in [-0.2, 0) is 9.53 Å². The average Bonchev–Trinajstić information content (AvgIpc) is 2.30. The number of rotatable bonds is 9. The minimum absolute atomic E-state index is 0.133. The third-order valence-corrected chi connectivity index (χ3v) is 2.81. The van der Waals surface area contributed by atoms with Gasteiger partial charge in [0, 0.05) is 0 Å². The van der Waals surface area contributed by atoms with Gasteiger partial charge >= 0.3 is 5.97 Å². The number of hydrogen-bond acceptors (Lipinski definition) is 2. The Kier molecular flexibility index (Phi) is 9.72. The summed E-state index contributed by atoms with van der Waals surface area (Å²) in [5.41, 5.74) is -0.396. The smallest absolute Gasteiger partial charge is 0.311 e. The summed E-state index contributed by atoms with van der Waals surface area (Å²) < 4.78 is 5.14. The molecule has 0 aromatic carbocycles. The molecule has 0 amide bonds. The van der Waals surface area contributed by atoms with Crippen LogP contribution in [0.4, 0.5) is 0 Å². The highest BCUT2D eigenvalue weighted by molar-refractivity contribution is 5.75. The summed E-state index contributed by atoms with van der Waals surface area (Å²) in [6.45, 7) is 8.26. The molecule has 2 nitrogen and oxygen atoms in total. The van der Waals surface area contributed by atoms with Crippen LogP contribution in [-0.4, -0.2) is 12.6 Å². The summed E-state index contributed by atoms with van der Waals surface area (Å²) in [7, 11) is 0. The molecule has 0 radical (unpaired) electrons. The van der Waals surface area contributed by atoms with Crippen LogP contribution in [0.3, 0.4) is 0 Å². The summed E-state index contributed by atoms with van der Waals surface area (Å²) in [5, 5.41) is 0. The standard InChI is InChI=1S/C16H30O2/c1-5-6-7-8-9-10-11-12-13-14-18-15(17)16(2,3)4/h12-13H,5-11,14H2,1-4H3/b13-12-. The molecule has 0 aromatic rings. The summed E-state index contributed by atoms with van der Waals surface area (Å²) in [5.74, 6) is -0.133. The molecule has 0 N–H and O–H groups in total. The van der Waals surface area contributed by atoms with Crippen LogP contribution in [0, 0.1) is 5.41 Å². The maximum atomic E-state index is 11.4. The molecule has 0 saturated heterocycles. The largest absolute Gasteiger partial charge is 0.461 e. The minimum atomic E-state index is -0.396. The molecule has 2 heteroatoms. The van der Waals surface area contributed by atoms with Crippen molar-refractivity contribution in [3.05, 3.63) is 12.2 Å². The van der Waals surface area contributed by atoms with Gasteiger partial charge in [0.1, 0.15) is 6.61 Å². The summed E-state index contributed by atoms with van der Waals surface area (Å²) in [6.07, 6.45) is 13.1. The van der Waals surface area contributed by atoms with Gasteiger partial charge in [-0.05, 0) is 33.6 Å². The first-order valence-electron chi connectivity index (χ1n) is 7.30. The highest BCUT2D eigenvalue weighted by atomic mass is 16.5. The molecule has 0 bridgehead atoms. The van der Waals surface area contributed by atoms with Crippen molar-refractivity contribution >= 4 is 5.97 Å². The molecular formula is C16H30O2. The zero-order chi connectivity index (χ0) is 13.9. The van der Waals surface area contributed by atoms with Crippen molar-refractivity contribution in [1.29, 1.82) is 0 Å². The van der Waals surface area contributed by atoms with Crippen molar-refractivity contribution in [3.63, 3.8) is 0 Å². The van der Waals surface area contributed by atoms with Gasteiger partial charge in [0.25, 0.3) is 0 Å². The zero-order valence-corrected chi connectivity index (χ0v) is 12.6. The molecule has 18 heavy (non-hydrogen) atoms. The van der Waals surface area contributed by atoms with E-state index in [2.05, 4.69) is 13.0 Å². The number of esters is 1. The second-order valence-corrected chi connectivity index (χ2v) is 5.88. The van der Waals surface area contributed by atoms with E-state index in [1.54, 1.807) is 0 Å². The second-order valence-electron chi connectivity index (χ2n) is 5.88. The normalized spacial score (nSPS) is 12.0. The third-order valence-electron chi connectivity index (χ3n) is 2.81. The Morgan fingerprint density at radius 1 is 1.00 bits per heavy atom. The second kappa shape index (κ2) is 10.2. The Morgan fingerprint density at radius 2 is 1.61 bits per heavy atom. The Bertz CT molecular complexity index is 236. The molecule has 0 aliphatic rings. The first-order valence-corrected chi connectivity index (χ1v) is 7.30. The number of carbonyl (C=O) groups excluding carboxylic acids is 1. The molecule has 0 spiro atoms. The Balaban J connectivity index is 3.37. The first kappa shape index (κ1) is 17.2. The van der Waals surface area contributed by atoms with Crippen LogP contribution in [0.1, 0.15) is 72.6 Å². The lowest BCUT2D eigenvalue weighted by Gasteiger charge is -2.15. The maximum Gasteiger partial charge on any atom is 0.311 e. The van der Waals surface area contributed by atoms with Gasteiger partial charge in [-0.3, -0.25) is 4.79 Å². The molecule has 0 heterocycles. The van der Waals surface area contributed by atoms with Gasteiger partial charge in [0.05, 0.1) is 5.41 Å². The molecule has 0 unspecified atom stereocenters. The zero-order valence-electron chi connectivity index (χ0n) is 12.6. The lowest BCUT2D eigenvalue weighted by molar-refractivity contribution is -0.151. The molecule has 0 rings (SSSR count). The van der Waals surface area contributed by atoms with Gasteiger partial charge in [0.2, 0.25) is 0 Å². The fourth-order valence-corrected chi connectivity index (χ4v) is 1.57. The Morgan fingerprint density at radius 3 is 2.22 bits per heavy atom. The number of allylic oxidation sites excluding steroid dienone is 1. The van der Waals surface area contributed by atoms with E-state index in [9.17, 15) is 4.79 Å². The van der Waals surface area contributed by atoms with Crippen LogP contribution in [0.15, 0.2) is 12.2 Å². The minimum Gasteiger partial charge on any atom is -0.461 e. The maximum absolute atomic E-state index is 11.4. The van der Waals surface area contributed by atoms with Gasteiger partial charge in [-0.1, -0.05) is 51.2 Å². The highest BCUT2D eigenvalue weighted by Gasteiger charge is 2.22. The SMILES string of the molecule is CCCCCCCC/C=C\COC(=O)C(C)(C)C. The molecule has 0 fully saturated rings. The van der Waals surface area contributed by atoms with Crippen molar-refractivity contribution < 1.29 is 9.53 Å². The number of carbonyl (C=O) groups is 1. The molecule has 106 valence electrons. The average molecular weight is 254 g/mol. The van der Waals surface area contributed by atoms with Gasteiger partial charge in [0.15, 0.2) is 0 Å². The first-order chi connectivity index (χ1) is 8.48. The summed E-state index contributed by atoms with van der Waals surface area (Å²) in [4.78, 5) is 11.4. The highest BCUT2D eigenvalue weighted by Crippen LogP contribution is 2.14. The van der Waals surface area contributed by atoms with E-state index in [4.69, 9.17) is 4.74 Å². The fourth-order valence-electron chi connectivity index (χ4n) is 1.57. The van der Waals surface area contributed by atoms with Gasteiger partial charge in [-0.15, -0.1) is 0 Å². The van der Waals surface area contributed by atoms with Gasteiger partial charge < -0.3 is 4.74 Å². The van der Waals surface area contributed by atoms with E-state index >= 15 is 0 Å². The van der Waals surface area contributed by atoms with Gasteiger partial charge in [-0.2, -0.15) is 0 Å². The van der Waals surface area contributed by atoms with Crippen molar-refractivity contribution in [2.24, 2.45) is 5.41 Å². The van der Waals surface area contributed by atoms with Crippen LogP contribution in [0.2, 0.25) is 0 Å². The lowest BCUT2D eigenvalue weighted by atomic mass is 9.97. The molecule has 0 saturated carbocycles. The van der Waals surface area contributed by atoms with E-state index in [0.29, 0.717) is 6.61 Å². The van der Waals surface area contributed by atoms with E-state index in [-0.39, 0.29) is 5.97 Å². The van der Waals surface area contributed by atoms with Crippen LogP contribution in [0.5, 0.6) is 0 Å². The predicted molar refractivity (Wildman–Crippen MR) is 77.5 cm³/mol. The van der Waals surface area contributed by atoms with Crippen molar-refractivity contribution in [1.82, 2.24) is 0 Å². The predicted octanol–water partition coefficient (Wildman–Crippen LogP) is 4.88. The topological polar surface area (TPSA) is 26.3 Å². The summed E-state index contributed by atoms with van der Waals surface area (Å²) >= 11 is 0. The lowest BCUT2D eigenvalue weighted by Crippen LogP contribution is -2.22. The Hall–Kier alpha value is -0.790. The Labute approximate surface area is 113 Å². The van der Waals surface area contributed by atoms with Crippen molar-refractivity contribution in [3.8, 4) is 0 Å². The van der Waals surface area contributed by atoms with Crippen molar-refractivity contribution in [2.75, 3.05) is 6.61 Å². The van der Waals surface area contributed by atoms with E-state index in [0.717, 1.165) is 6.42 Å². The van der Waals surface area contributed by atoms with E-state index in [1.807, 2.05) is 26.8 Å². The monoisotopic (exact) mass is 254 g/mol. The van der Waals surface area contributed by atoms with Crippen LogP contribution < -0.4 is 0 Å². The van der Waals surface area contributed by atoms with Crippen LogP contribution >= 0.6 is 0 Å². The molecule has 0 aliphatic heterocycles. The van der Waals surface area contributed by atoms with Crippen molar-refractivity contribution in [2.45, 2.75) is 72.6 Å². The molecule has 0 aromatic heterocycles.